The number of fused-ring (bicyclic) bond motifs is 1. The van der Waals surface area contributed by atoms with Gasteiger partial charge in [-0.15, -0.1) is 0 Å². The maximum atomic E-state index is 12.5. The van der Waals surface area contributed by atoms with Gasteiger partial charge >= 0.3 is 0 Å². The number of aromatic nitrogens is 2. The molecular formula is C16H20N4O3S. The van der Waals surface area contributed by atoms with Crippen LogP contribution in [0.25, 0.3) is 0 Å². The first-order valence-corrected chi connectivity index (χ1v) is 9.45. The molecule has 1 aromatic heterocycles. The third kappa shape index (κ3) is 2.77. The summed E-state index contributed by atoms with van der Waals surface area (Å²) in [4.78, 5) is 12.5. The van der Waals surface area contributed by atoms with Crippen LogP contribution in [0, 0.1) is 13.8 Å². The van der Waals surface area contributed by atoms with Crippen molar-refractivity contribution in [1.29, 1.82) is 0 Å². The van der Waals surface area contributed by atoms with Crippen LogP contribution >= 0.6 is 0 Å². The van der Waals surface area contributed by atoms with E-state index in [1.807, 2.05) is 13.8 Å². The van der Waals surface area contributed by atoms with Gasteiger partial charge in [0.2, 0.25) is 10.0 Å². The fourth-order valence-corrected chi connectivity index (χ4v) is 3.93. The van der Waals surface area contributed by atoms with E-state index in [-0.39, 0.29) is 5.91 Å². The van der Waals surface area contributed by atoms with Crippen molar-refractivity contribution in [2.45, 2.75) is 20.3 Å². The molecule has 2 heterocycles. The molecule has 1 aliphatic rings. The van der Waals surface area contributed by atoms with Crippen LogP contribution in [0.5, 0.6) is 0 Å². The second-order valence-electron chi connectivity index (χ2n) is 6.07. The van der Waals surface area contributed by atoms with Crippen molar-refractivity contribution in [1.82, 2.24) is 9.78 Å². The number of sulfonamides is 1. The van der Waals surface area contributed by atoms with E-state index < -0.39 is 10.0 Å². The Kier molecular flexibility index (Phi) is 3.87. The molecule has 0 unspecified atom stereocenters. The van der Waals surface area contributed by atoms with E-state index in [1.165, 1.54) is 10.6 Å². The van der Waals surface area contributed by atoms with Gasteiger partial charge in [0, 0.05) is 24.7 Å². The second-order valence-corrected chi connectivity index (χ2v) is 7.97. The topological polar surface area (TPSA) is 84.3 Å². The summed E-state index contributed by atoms with van der Waals surface area (Å²) in [5.41, 5.74) is 3.82. The fourth-order valence-electron chi connectivity index (χ4n) is 2.98. The number of aryl methyl sites for hydroxylation is 2. The van der Waals surface area contributed by atoms with Gasteiger partial charge in [0.25, 0.3) is 5.91 Å². The third-order valence-corrected chi connectivity index (χ3v) is 5.53. The van der Waals surface area contributed by atoms with Crippen molar-refractivity contribution in [3.8, 4) is 0 Å². The van der Waals surface area contributed by atoms with Gasteiger partial charge in [-0.05, 0) is 44.0 Å². The molecule has 1 amide bonds. The number of hydrogen-bond acceptors (Lipinski definition) is 4. The first-order valence-electron chi connectivity index (χ1n) is 7.60. The third-order valence-electron chi connectivity index (χ3n) is 4.35. The molecule has 0 spiro atoms. The van der Waals surface area contributed by atoms with Gasteiger partial charge < -0.3 is 5.32 Å². The number of carbonyl (C=O) groups excluding carboxylic acids is 1. The lowest BCUT2D eigenvalue weighted by Gasteiger charge is -2.16. The Labute approximate surface area is 141 Å². The Balaban J connectivity index is 1.88. The normalized spacial score (nSPS) is 13.9. The Morgan fingerprint density at radius 2 is 2.00 bits per heavy atom. The fraction of sp³-hybridized carbons (Fsp3) is 0.375. The molecule has 2 aromatic rings. The maximum Gasteiger partial charge on any atom is 0.256 e. The second kappa shape index (κ2) is 5.62. The van der Waals surface area contributed by atoms with Crippen molar-refractivity contribution in [2.75, 3.05) is 22.4 Å². The highest BCUT2D eigenvalue weighted by Crippen LogP contribution is 2.31. The van der Waals surface area contributed by atoms with Crippen LogP contribution in [-0.4, -0.2) is 36.9 Å². The van der Waals surface area contributed by atoms with Crippen LogP contribution in [0.1, 0.15) is 27.2 Å². The minimum Gasteiger partial charge on any atom is -0.307 e. The van der Waals surface area contributed by atoms with Crippen molar-refractivity contribution < 1.29 is 13.2 Å². The number of rotatable bonds is 3. The smallest absolute Gasteiger partial charge is 0.256 e. The lowest BCUT2D eigenvalue weighted by atomic mass is 10.1. The number of nitrogens with zero attached hydrogens (tertiary/aromatic N) is 3. The zero-order valence-electron chi connectivity index (χ0n) is 14.1. The highest BCUT2D eigenvalue weighted by Gasteiger charge is 2.27. The molecule has 0 aliphatic carbocycles. The number of hydrogen-bond donors (Lipinski definition) is 1. The molecule has 8 heteroatoms. The first kappa shape index (κ1) is 16.5. The summed E-state index contributed by atoms with van der Waals surface area (Å²) >= 11 is 0. The Morgan fingerprint density at radius 1 is 1.29 bits per heavy atom. The summed E-state index contributed by atoms with van der Waals surface area (Å²) in [6, 6.07) is 5.10. The van der Waals surface area contributed by atoms with Gasteiger partial charge in [-0.1, -0.05) is 0 Å². The van der Waals surface area contributed by atoms with Gasteiger partial charge in [-0.3, -0.25) is 13.8 Å². The first-order chi connectivity index (χ1) is 11.2. The van der Waals surface area contributed by atoms with E-state index in [0.717, 1.165) is 16.8 Å². The van der Waals surface area contributed by atoms with E-state index in [0.29, 0.717) is 30.0 Å². The minimum absolute atomic E-state index is 0.235. The van der Waals surface area contributed by atoms with Crippen molar-refractivity contribution in [3.63, 3.8) is 0 Å². The molecule has 1 aromatic carbocycles. The SMILES string of the molecule is Cc1nn(C)c(NC(=O)c2ccc3c(c2)CCN3S(C)(=O)=O)c1C. The minimum atomic E-state index is -3.28. The van der Waals surface area contributed by atoms with Crippen LogP contribution < -0.4 is 9.62 Å². The zero-order valence-corrected chi connectivity index (χ0v) is 14.9. The predicted molar refractivity (Wildman–Crippen MR) is 93.0 cm³/mol. The number of benzene rings is 1. The van der Waals surface area contributed by atoms with Crippen molar-refractivity contribution >= 4 is 27.4 Å². The molecule has 0 atom stereocenters. The summed E-state index contributed by atoms with van der Waals surface area (Å²) in [5.74, 6) is 0.428. The van der Waals surface area contributed by atoms with Crippen molar-refractivity contribution in [2.24, 2.45) is 7.05 Å². The molecule has 7 nitrogen and oxygen atoms in total. The summed E-state index contributed by atoms with van der Waals surface area (Å²) in [5, 5.41) is 7.16. The number of anilines is 2. The molecule has 1 N–H and O–H groups in total. The zero-order chi connectivity index (χ0) is 17.6. The highest BCUT2D eigenvalue weighted by atomic mass is 32.2. The average Bonchev–Trinajstić information content (AvgIpc) is 3.03. The number of amides is 1. The predicted octanol–water partition coefficient (Wildman–Crippen LogP) is 1.61. The standard InChI is InChI=1S/C16H20N4O3S/c1-10-11(2)18-19(3)15(10)17-16(21)13-5-6-14-12(9-13)7-8-20(14)24(4,22)23/h5-6,9H,7-8H2,1-4H3,(H,17,21). The molecule has 3 rings (SSSR count). The average molecular weight is 348 g/mol. The van der Waals surface area contributed by atoms with Gasteiger partial charge in [0.15, 0.2) is 0 Å². The molecule has 0 fully saturated rings. The highest BCUT2D eigenvalue weighted by molar-refractivity contribution is 7.92. The van der Waals surface area contributed by atoms with Gasteiger partial charge in [0.05, 0.1) is 17.6 Å². The largest absolute Gasteiger partial charge is 0.307 e. The lowest BCUT2D eigenvalue weighted by Crippen LogP contribution is -2.27. The summed E-state index contributed by atoms with van der Waals surface area (Å²) < 4.78 is 26.6. The molecule has 24 heavy (non-hydrogen) atoms. The van der Waals surface area contributed by atoms with Crippen LogP contribution in [0.2, 0.25) is 0 Å². The van der Waals surface area contributed by atoms with Crippen LogP contribution in [-0.2, 0) is 23.5 Å². The summed E-state index contributed by atoms with van der Waals surface area (Å²) in [7, 11) is -1.50. The molecule has 0 saturated heterocycles. The molecule has 1 aliphatic heterocycles. The number of nitrogens with one attached hydrogen (secondary N) is 1. The molecule has 0 saturated carbocycles. The Hall–Kier alpha value is -2.35. The van der Waals surface area contributed by atoms with E-state index >= 15 is 0 Å². The summed E-state index contributed by atoms with van der Waals surface area (Å²) in [6.45, 7) is 4.21. The number of carbonyl (C=O) groups is 1. The van der Waals surface area contributed by atoms with E-state index in [4.69, 9.17) is 0 Å². The maximum absolute atomic E-state index is 12.5. The van der Waals surface area contributed by atoms with E-state index in [1.54, 1.807) is 29.9 Å². The lowest BCUT2D eigenvalue weighted by molar-refractivity contribution is 0.102. The van der Waals surface area contributed by atoms with Gasteiger partial charge in [0.1, 0.15) is 5.82 Å². The molecule has 0 radical (unpaired) electrons. The Bertz CT molecular complexity index is 931. The van der Waals surface area contributed by atoms with Gasteiger partial charge in [-0.25, -0.2) is 8.42 Å². The van der Waals surface area contributed by atoms with Crippen LogP contribution in [0.15, 0.2) is 18.2 Å². The van der Waals surface area contributed by atoms with Gasteiger partial charge in [-0.2, -0.15) is 5.10 Å². The molecule has 0 bridgehead atoms. The quantitative estimate of drug-likeness (QED) is 0.913. The summed E-state index contributed by atoms with van der Waals surface area (Å²) in [6.07, 6.45) is 1.80. The van der Waals surface area contributed by atoms with Crippen molar-refractivity contribution in [3.05, 3.63) is 40.6 Å². The van der Waals surface area contributed by atoms with Crippen LogP contribution in [0.4, 0.5) is 11.5 Å². The molecule has 128 valence electrons. The van der Waals surface area contributed by atoms with E-state index in [9.17, 15) is 13.2 Å². The van der Waals surface area contributed by atoms with E-state index in [2.05, 4.69) is 10.4 Å². The molecular weight excluding hydrogens is 328 g/mol. The van der Waals surface area contributed by atoms with Crippen LogP contribution in [0.3, 0.4) is 0 Å². The monoisotopic (exact) mass is 348 g/mol. The Morgan fingerprint density at radius 3 is 2.58 bits per heavy atom.